The summed E-state index contributed by atoms with van der Waals surface area (Å²) in [6, 6.07) is 16.0. The molecule has 1 heterocycles. The molecule has 128 valence electrons. The molecule has 0 aliphatic heterocycles. The van der Waals surface area contributed by atoms with Gasteiger partial charge in [0, 0.05) is 5.69 Å². The van der Waals surface area contributed by atoms with E-state index in [9.17, 15) is 9.18 Å². The molecule has 3 aromatic rings. The van der Waals surface area contributed by atoms with Crippen LogP contribution in [0.5, 0.6) is 11.5 Å². The van der Waals surface area contributed by atoms with Crippen molar-refractivity contribution in [2.75, 3.05) is 18.5 Å². The molecule has 0 aliphatic rings. The highest BCUT2D eigenvalue weighted by Crippen LogP contribution is 2.17. The Morgan fingerprint density at radius 3 is 2.08 bits per heavy atom. The topological polar surface area (TPSA) is 60.7 Å². The summed E-state index contributed by atoms with van der Waals surface area (Å²) in [5.41, 5.74) is 0.635. The molecule has 0 radical (unpaired) electrons. The number of hydrogen-bond donors (Lipinski definition) is 1. The number of rotatable bonds is 7. The number of carbonyl (C=O) groups excluding carboxylic acids is 1. The number of ether oxygens (including phenoxy) is 2. The van der Waals surface area contributed by atoms with Crippen molar-refractivity contribution < 1.29 is 23.1 Å². The maximum absolute atomic E-state index is 12.8. The lowest BCUT2D eigenvalue weighted by Crippen LogP contribution is -2.11. The molecule has 1 aromatic heterocycles. The molecular formula is C19H16FNO4. The summed E-state index contributed by atoms with van der Waals surface area (Å²) < 4.78 is 28.8. The zero-order valence-electron chi connectivity index (χ0n) is 13.3. The van der Waals surface area contributed by atoms with E-state index in [4.69, 9.17) is 13.9 Å². The first-order valence-corrected chi connectivity index (χ1v) is 7.67. The van der Waals surface area contributed by atoms with Crippen LogP contribution in [0.25, 0.3) is 0 Å². The molecule has 5 nitrogen and oxygen atoms in total. The third kappa shape index (κ3) is 4.84. The molecule has 1 N–H and O–H groups in total. The van der Waals surface area contributed by atoms with Crippen molar-refractivity contribution in [2.45, 2.75) is 0 Å². The van der Waals surface area contributed by atoms with Gasteiger partial charge in [-0.3, -0.25) is 4.79 Å². The quantitative estimate of drug-likeness (QED) is 0.657. The molecule has 0 unspecified atom stereocenters. The van der Waals surface area contributed by atoms with Gasteiger partial charge in [-0.05, 0) is 60.7 Å². The number of amides is 1. The van der Waals surface area contributed by atoms with Crippen molar-refractivity contribution in [3.8, 4) is 11.5 Å². The van der Waals surface area contributed by atoms with E-state index in [-0.39, 0.29) is 17.5 Å². The first-order valence-electron chi connectivity index (χ1n) is 7.67. The molecule has 0 aliphatic carbocycles. The van der Waals surface area contributed by atoms with E-state index in [2.05, 4.69) is 5.32 Å². The van der Waals surface area contributed by atoms with E-state index < -0.39 is 0 Å². The maximum Gasteiger partial charge on any atom is 0.291 e. The standard InChI is InChI=1S/C19H16FNO4/c20-14-3-7-16(8-4-14)23-12-13-24-17-9-5-15(6-10-17)21-19(22)18-2-1-11-25-18/h1-11H,12-13H2,(H,21,22). The molecule has 3 rings (SSSR count). The number of hydrogen-bond acceptors (Lipinski definition) is 4. The van der Waals surface area contributed by atoms with Gasteiger partial charge in [0.15, 0.2) is 5.76 Å². The highest BCUT2D eigenvalue weighted by molar-refractivity contribution is 6.02. The molecule has 1 amide bonds. The predicted octanol–water partition coefficient (Wildman–Crippen LogP) is 4.13. The summed E-state index contributed by atoms with van der Waals surface area (Å²) in [7, 11) is 0. The molecule has 25 heavy (non-hydrogen) atoms. The van der Waals surface area contributed by atoms with E-state index in [1.807, 2.05) is 0 Å². The Kier molecular flexibility index (Phi) is 5.31. The summed E-state index contributed by atoms with van der Waals surface area (Å²) in [5, 5.41) is 2.72. The molecule has 0 saturated heterocycles. The summed E-state index contributed by atoms with van der Waals surface area (Å²) in [6.45, 7) is 0.679. The van der Waals surface area contributed by atoms with Crippen LogP contribution in [0.15, 0.2) is 71.3 Å². The van der Waals surface area contributed by atoms with Crippen molar-refractivity contribution in [1.29, 1.82) is 0 Å². The lowest BCUT2D eigenvalue weighted by molar-refractivity contribution is 0.0996. The van der Waals surface area contributed by atoms with Gasteiger partial charge in [-0.25, -0.2) is 4.39 Å². The average molecular weight is 341 g/mol. The Bertz CT molecular complexity index is 798. The van der Waals surface area contributed by atoms with E-state index in [1.165, 1.54) is 18.4 Å². The smallest absolute Gasteiger partial charge is 0.291 e. The highest BCUT2D eigenvalue weighted by atomic mass is 19.1. The van der Waals surface area contributed by atoms with Crippen molar-refractivity contribution in [1.82, 2.24) is 0 Å². The van der Waals surface area contributed by atoms with Crippen molar-refractivity contribution in [3.63, 3.8) is 0 Å². The van der Waals surface area contributed by atoms with Crippen LogP contribution < -0.4 is 14.8 Å². The number of nitrogens with one attached hydrogen (secondary N) is 1. The van der Waals surface area contributed by atoms with E-state index in [0.29, 0.717) is 30.4 Å². The number of furan rings is 1. The van der Waals surface area contributed by atoms with Gasteiger partial charge < -0.3 is 19.2 Å². The third-order valence-corrected chi connectivity index (χ3v) is 3.29. The second kappa shape index (κ2) is 8.01. The molecule has 0 bridgehead atoms. The minimum Gasteiger partial charge on any atom is -0.490 e. The Hall–Kier alpha value is -3.28. The molecule has 0 fully saturated rings. The Morgan fingerprint density at radius 2 is 1.52 bits per heavy atom. The van der Waals surface area contributed by atoms with Crippen LogP contribution in [-0.4, -0.2) is 19.1 Å². The van der Waals surface area contributed by atoms with Crippen LogP contribution in [0.2, 0.25) is 0 Å². The molecule has 0 spiro atoms. The normalized spacial score (nSPS) is 10.3. The monoisotopic (exact) mass is 341 g/mol. The SMILES string of the molecule is O=C(Nc1ccc(OCCOc2ccc(F)cc2)cc1)c1ccco1. The Labute approximate surface area is 144 Å². The van der Waals surface area contributed by atoms with E-state index in [1.54, 1.807) is 48.5 Å². The first-order chi connectivity index (χ1) is 12.2. The van der Waals surface area contributed by atoms with Crippen molar-refractivity contribution in [2.24, 2.45) is 0 Å². The summed E-state index contributed by atoms with van der Waals surface area (Å²) in [6.07, 6.45) is 1.44. The number of halogens is 1. The van der Waals surface area contributed by atoms with Crippen LogP contribution >= 0.6 is 0 Å². The van der Waals surface area contributed by atoms with Crippen LogP contribution in [0.4, 0.5) is 10.1 Å². The minimum atomic E-state index is -0.314. The molecule has 2 aromatic carbocycles. The number of anilines is 1. The average Bonchev–Trinajstić information content (AvgIpc) is 3.16. The van der Waals surface area contributed by atoms with Gasteiger partial charge >= 0.3 is 0 Å². The lowest BCUT2D eigenvalue weighted by atomic mass is 10.3. The van der Waals surface area contributed by atoms with Gasteiger partial charge in [-0.15, -0.1) is 0 Å². The number of benzene rings is 2. The van der Waals surface area contributed by atoms with Crippen molar-refractivity contribution >= 4 is 11.6 Å². The zero-order chi connectivity index (χ0) is 17.5. The third-order valence-electron chi connectivity index (χ3n) is 3.29. The summed E-state index contributed by atoms with van der Waals surface area (Å²) in [4.78, 5) is 11.9. The predicted molar refractivity (Wildman–Crippen MR) is 90.5 cm³/mol. The van der Waals surface area contributed by atoms with E-state index >= 15 is 0 Å². The van der Waals surface area contributed by atoms with Gasteiger partial charge in [-0.1, -0.05) is 0 Å². The summed E-state index contributed by atoms with van der Waals surface area (Å²) >= 11 is 0. The van der Waals surface area contributed by atoms with Gasteiger partial charge in [0.25, 0.3) is 5.91 Å². The largest absolute Gasteiger partial charge is 0.490 e. The zero-order valence-corrected chi connectivity index (χ0v) is 13.3. The van der Waals surface area contributed by atoms with Crippen LogP contribution in [0.3, 0.4) is 0 Å². The van der Waals surface area contributed by atoms with Crippen LogP contribution in [0, 0.1) is 5.82 Å². The van der Waals surface area contributed by atoms with Crippen LogP contribution in [-0.2, 0) is 0 Å². The first kappa shape index (κ1) is 16.6. The minimum absolute atomic E-state index is 0.248. The lowest BCUT2D eigenvalue weighted by Gasteiger charge is -2.09. The second-order valence-electron chi connectivity index (χ2n) is 5.11. The van der Waals surface area contributed by atoms with Gasteiger partial charge in [0.1, 0.15) is 30.5 Å². The summed E-state index contributed by atoms with van der Waals surface area (Å²) in [5.74, 6) is 0.868. The highest BCUT2D eigenvalue weighted by Gasteiger charge is 2.08. The number of carbonyl (C=O) groups is 1. The molecule has 0 atom stereocenters. The van der Waals surface area contributed by atoms with Gasteiger partial charge in [0.05, 0.1) is 6.26 Å². The molecule has 6 heteroatoms. The van der Waals surface area contributed by atoms with Gasteiger partial charge in [0.2, 0.25) is 0 Å². The second-order valence-corrected chi connectivity index (χ2v) is 5.11. The fourth-order valence-corrected chi connectivity index (χ4v) is 2.08. The Morgan fingerprint density at radius 1 is 0.920 bits per heavy atom. The fraction of sp³-hybridized carbons (Fsp3) is 0.105. The molecular weight excluding hydrogens is 325 g/mol. The van der Waals surface area contributed by atoms with Gasteiger partial charge in [-0.2, -0.15) is 0 Å². The Balaban J connectivity index is 1.43. The van der Waals surface area contributed by atoms with Crippen molar-refractivity contribution in [3.05, 3.63) is 78.5 Å². The fourth-order valence-electron chi connectivity index (χ4n) is 2.08. The van der Waals surface area contributed by atoms with E-state index in [0.717, 1.165) is 0 Å². The maximum atomic E-state index is 12.8. The van der Waals surface area contributed by atoms with Crippen LogP contribution in [0.1, 0.15) is 10.6 Å². The molecule has 0 saturated carbocycles.